The van der Waals surface area contributed by atoms with Crippen LogP contribution in [0.5, 0.6) is 0 Å². The quantitative estimate of drug-likeness (QED) is 0.692. The van der Waals surface area contributed by atoms with Gasteiger partial charge in [0, 0.05) is 17.4 Å². The number of hydrogen-bond donors (Lipinski definition) is 1. The van der Waals surface area contributed by atoms with Crippen molar-refractivity contribution in [1.29, 1.82) is 0 Å². The molecule has 1 amide bonds. The van der Waals surface area contributed by atoms with Crippen molar-refractivity contribution in [2.75, 3.05) is 5.32 Å². The van der Waals surface area contributed by atoms with Crippen LogP contribution >= 0.6 is 0 Å². The zero-order valence-corrected chi connectivity index (χ0v) is 13.5. The first kappa shape index (κ1) is 17.7. The molecule has 1 heterocycles. The zero-order valence-electron chi connectivity index (χ0n) is 13.5. The second-order valence-corrected chi connectivity index (χ2v) is 5.66. The molecule has 0 saturated carbocycles. The Balaban J connectivity index is 1.78. The number of nitrogens with zero attached hydrogens (tertiary/aromatic N) is 2. The lowest BCUT2D eigenvalue weighted by atomic mass is 10.1. The molecule has 8 heteroatoms. The van der Waals surface area contributed by atoms with E-state index in [1.54, 1.807) is 23.0 Å². The third kappa shape index (κ3) is 3.74. The van der Waals surface area contributed by atoms with Gasteiger partial charge in [0.25, 0.3) is 5.91 Å². The summed E-state index contributed by atoms with van der Waals surface area (Å²) in [5.41, 5.74) is 0.380. The first-order valence-corrected chi connectivity index (χ1v) is 7.54. The number of anilines is 1. The Kier molecular flexibility index (Phi) is 4.50. The van der Waals surface area contributed by atoms with E-state index in [0.29, 0.717) is 12.1 Å². The van der Waals surface area contributed by atoms with Crippen LogP contribution < -0.4 is 5.32 Å². The van der Waals surface area contributed by atoms with Gasteiger partial charge in [0.15, 0.2) is 0 Å². The Labute approximate surface area is 146 Å². The molecule has 2 aromatic carbocycles. The van der Waals surface area contributed by atoms with Crippen LogP contribution in [-0.2, 0) is 6.18 Å². The smallest absolute Gasteiger partial charge is 0.322 e. The summed E-state index contributed by atoms with van der Waals surface area (Å²) in [6.45, 7) is 1.89. The zero-order chi connectivity index (χ0) is 18.9. The molecule has 1 N–H and O–H groups in total. The van der Waals surface area contributed by atoms with Crippen LogP contribution in [0.25, 0.3) is 5.69 Å². The average molecular weight is 363 g/mol. The molecule has 0 bridgehead atoms. The maximum Gasteiger partial charge on any atom is 0.419 e. The lowest BCUT2D eigenvalue weighted by Crippen LogP contribution is -2.14. The Morgan fingerprint density at radius 2 is 1.81 bits per heavy atom. The van der Waals surface area contributed by atoms with Crippen molar-refractivity contribution in [3.63, 3.8) is 0 Å². The van der Waals surface area contributed by atoms with Crippen LogP contribution in [0.1, 0.15) is 21.5 Å². The summed E-state index contributed by atoms with van der Waals surface area (Å²) in [4.78, 5) is 12.2. The topological polar surface area (TPSA) is 46.9 Å². The molecule has 0 aliphatic rings. The maximum atomic E-state index is 13.3. The number of nitrogens with one attached hydrogen (secondary N) is 1. The summed E-state index contributed by atoms with van der Waals surface area (Å²) in [7, 11) is 0. The standard InChI is InChI=1S/C18H13F4N3O/c1-11-9-23-25(10-11)14-5-2-12(3-6-14)17(26)24-13-4-7-16(19)15(8-13)18(20,21)22/h2-10H,1H3,(H,24,26). The fourth-order valence-corrected chi connectivity index (χ4v) is 2.34. The number of aryl methyl sites for hydroxylation is 1. The highest BCUT2D eigenvalue weighted by atomic mass is 19.4. The van der Waals surface area contributed by atoms with E-state index in [1.165, 1.54) is 12.1 Å². The van der Waals surface area contributed by atoms with Gasteiger partial charge in [-0.05, 0) is 55.0 Å². The molecule has 134 valence electrons. The van der Waals surface area contributed by atoms with Crippen LogP contribution in [-0.4, -0.2) is 15.7 Å². The van der Waals surface area contributed by atoms with E-state index in [4.69, 9.17) is 0 Å². The molecule has 0 aliphatic carbocycles. The number of aromatic nitrogens is 2. The Morgan fingerprint density at radius 1 is 1.12 bits per heavy atom. The molecular weight excluding hydrogens is 350 g/mol. The number of carbonyl (C=O) groups excluding carboxylic acids is 1. The highest BCUT2D eigenvalue weighted by Gasteiger charge is 2.34. The summed E-state index contributed by atoms with van der Waals surface area (Å²) in [6, 6.07) is 8.67. The Bertz CT molecular complexity index is 946. The van der Waals surface area contributed by atoms with Crippen molar-refractivity contribution in [2.24, 2.45) is 0 Å². The summed E-state index contributed by atoms with van der Waals surface area (Å²) in [5, 5.41) is 6.48. The molecule has 0 atom stereocenters. The van der Waals surface area contributed by atoms with Gasteiger partial charge in [-0.25, -0.2) is 9.07 Å². The molecule has 0 fully saturated rings. The summed E-state index contributed by atoms with van der Waals surface area (Å²) in [6.07, 6.45) is -1.34. The maximum absolute atomic E-state index is 13.3. The van der Waals surface area contributed by atoms with Gasteiger partial charge in [0.2, 0.25) is 0 Å². The molecule has 1 aromatic heterocycles. The van der Waals surface area contributed by atoms with Gasteiger partial charge in [0.1, 0.15) is 5.82 Å². The third-order valence-electron chi connectivity index (χ3n) is 3.64. The number of carbonyl (C=O) groups is 1. The minimum absolute atomic E-state index is 0.143. The van der Waals surface area contributed by atoms with E-state index < -0.39 is 23.5 Å². The van der Waals surface area contributed by atoms with E-state index >= 15 is 0 Å². The second kappa shape index (κ2) is 6.62. The van der Waals surface area contributed by atoms with Crippen LogP contribution in [0.2, 0.25) is 0 Å². The van der Waals surface area contributed by atoms with Crippen molar-refractivity contribution in [2.45, 2.75) is 13.1 Å². The van der Waals surface area contributed by atoms with Crippen LogP contribution in [0.4, 0.5) is 23.2 Å². The number of benzene rings is 2. The normalized spacial score (nSPS) is 11.4. The van der Waals surface area contributed by atoms with E-state index in [1.807, 2.05) is 13.1 Å². The van der Waals surface area contributed by atoms with Gasteiger partial charge in [-0.1, -0.05) is 0 Å². The SMILES string of the molecule is Cc1cnn(-c2ccc(C(=O)Nc3ccc(F)c(C(F)(F)F)c3)cc2)c1. The first-order valence-electron chi connectivity index (χ1n) is 7.54. The Hall–Kier alpha value is -3.16. The van der Waals surface area contributed by atoms with Gasteiger partial charge in [-0.3, -0.25) is 4.79 Å². The van der Waals surface area contributed by atoms with Crippen LogP contribution in [0, 0.1) is 12.7 Å². The largest absolute Gasteiger partial charge is 0.419 e. The van der Waals surface area contributed by atoms with Crippen molar-refractivity contribution in [1.82, 2.24) is 9.78 Å². The van der Waals surface area contributed by atoms with Crippen LogP contribution in [0.15, 0.2) is 54.9 Å². The number of rotatable bonds is 3. The highest BCUT2D eigenvalue weighted by Crippen LogP contribution is 2.33. The van der Waals surface area contributed by atoms with Crippen molar-refractivity contribution < 1.29 is 22.4 Å². The molecule has 3 rings (SSSR count). The van der Waals surface area contributed by atoms with Crippen LogP contribution in [0.3, 0.4) is 0 Å². The molecule has 0 radical (unpaired) electrons. The minimum atomic E-state index is -4.84. The van der Waals surface area contributed by atoms with E-state index in [9.17, 15) is 22.4 Å². The Morgan fingerprint density at radius 3 is 2.38 bits per heavy atom. The molecule has 4 nitrogen and oxygen atoms in total. The average Bonchev–Trinajstić information content (AvgIpc) is 3.02. The number of amides is 1. The second-order valence-electron chi connectivity index (χ2n) is 5.66. The third-order valence-corrected chi connectivity index (χ3v) is 3.64. The number of alkyl halides is 3. The fourth-order valence-electron chi connectivity index (χ4n) is 2.34. The van der Waals surface area contributed by atoms with Gasteiger partial charge in [-0.15, -0.1) is 0 Å². The number of halogens is 4. The van der Waals surface area contributed by atoms with Crippen molar-refractivity contribution >= 4 is 11.6 Å². The predicted molar refractivity (Wildman–Crippen MR) is 87.7 cm³/mol. The molecule has 0 aliphatic heterocycles. The minimum Gasteiger partial charge on any atom is -0.322 e. The van der Waals surface area contributed by atoms with Crippen molar-refractivity contribution in [3.8, 4) is 5.69 Å². The molecule has 26 heavy (non-hydrogen) atoms. The lowest BCUT2D eigenvalue weighted by molar-refractivity contribution is -0.139. The van der Waals surface area contributed by atoms with Crippen molar-refractivity contribution in [3.05, 3.63) is 77.4 Å². The fraction of sp³-hybridized carbons (Fsp3) is 0.111. The monoisotopic (exact) mass is 363 g/mol. The van der Waals surface area contributed by atoms with Gasteiger partial charge in [0.05, 0.1) is 17.4 Å². The van der Waals surface area contributed by atoms with Gasteiger partial charge < -0.3 is 5.32 Å². The summed E-state index contributed by atoms with van der Waals surface area (Å²) >= 11 is 0. The molecule has 3 aromatic rings. The predicted octanol–water partition coefficient (Wildman–Crippen LogP) is 4.59. The van der Waals surface area contributed by atoms with E-state index in [-0.39, 0.29) is 11.3 Å². The lowest BCUT2D eigenvalue weighted by Gasteiger charge is -2.11. The summed E-state index contributed by atoms with van der Waals surface area (Å²) < 4.78 is 53.1. The molecule has 0 spiro atoms. The number of hydrogen-bond acceptors (Lipinski definition) is 2. The highest BCUT2D eigenvalue weighted by molar-refractivity contribution is 6.04. The molecule has 0 unspecified atom stereocenters. The summed E-state index contributed by atoms with van der Waals surface area (Å²) in [5.74, 6) is -2.00. The van der Waals surface area contributed by atoms with Gasteiger partial charge in [-0.2, -0.15) is 18.3 Å². The van der Waals surface area contributed by atoms with E-state index in [2.05, 4.69) is 10.4 Å². The molecule has 0 saturated heterocycles. The first-order chi connectivity index (χ1) is 12.2. The molecular formula is C18H13F4N3O. The van der Waals surface area contributed by atoms with E-state index in [0.717, 1.165) is 17.3 Å². The van der Waals surface area contributed by atoms with Gasteiger partial charge >= 0.3 is 6.18 Å².